The summed E-state index contributed by atoms with van der Waals surface area (Å²) in [7, 11) is 0.952. The van der Waals surface area contributed by atoms with E-state index in [1.165, 1.54) is 6.07 Å². The maximum atomic E-state index is 13.8. The Labute approximate surface area is 175 Å². The molecule has 0 amide bonds. The Morgan fingerprint density at radius 2 is 1.67 bits per heavy atom. The van der Waals surface area contributed by atoms with Crippen LogP contribution in [0.25, 0.3) is 0 Å². The molecule has 0 bridgehead atoms. The molecule has 1 aromatic carbocycles. The molecule has 1 aromatic heterocycles. The van der Waals surface area contributed by atoms with E-state index in [1.54, 1.807) is 17.0 Å². The Balaban J connectivity index is 1.85. The summed E-state index contributed by atoms with van der Waals surface area (Å²) in [6, 6.07) is 4.17. The van der Waals surface area contributed by atoms with Crippen LogP contribution in [0.1, 0.15) is 64.4 Å². The summed E-state index contributed by atoms with van der Waals surface area (Å²) in [4.78, 5) is 0. The highest BCUT2D eigenvalue weighted by molar-refractivity contribution is 6.62. The third-order valence-corrected chi connectivity index (χ3v) is 6.89. The first-order valence-electron chi connectivity index (χ1n) is 10.2. The highest BCUT2D eigenvalue weighted by Gasteiger charge is 2.53. The molecule has 0 unspecified atom stereocenters. The van der Waals surface area contributed by atoms with Crippen LogP contribution in [0.2, 0.25) is 0 Å². The zero-order valence-corrected chi connectivity index (χ0v) is 18.2. The molecule has 0 atom stereocenters. The van der Waals surface area contributed by atoms with E-state index < -0.39 is 35.5 Å². The first-order valence-corrected chi connectivity index (χ1v) is 10.2. The SMILES string of the molecule is CC1CC(c2cc(B3OC(C)(C)C(C)(C)O3)cc(C(F)(F)F)c2)(c2nncn2C)C1. The quantitative estimate of drug-likeness (QED) is 0.707. The summed E-state index contributed by atoms with van der Waals surface area (Å²) in [6.07, 6.45) is -1.47. The summed E-state index contributed by atoms with van der Waals surface area (Å²) >= 11 is 0. The van der Waals surface area contributed by atoms with Crippen LogP contribution < -0.4 is 5.46 Å². The van der Waals surface area contributed by atoms with Gasteiger partial charge in [-0.05, 0) is 63.5 Å². The molecule has 5 nitrogen and oxygen atoms in total. The summed E-state index contributed by atoms with van der Waals surface area (Å²) in [6.45, 7) is 9.64. The monoisotopic (exact) mass is 421 g/mol. The van der Waals surface area contributed by atoms with Gasteiger partial charge in [-0.2, -0.15) is 13.2 Å². The van der Waals surface area contributed by atoms with Crippen LogP contribution in [0.3, 0.4) is 0 Å². The second kappa shape index (κ2) is 6.56. The molecule has 0 N–H and O–H groups in total. The van der Waals surface area contributed by atoms with Crippen LogP contribution in [-0.2, 0) is 27.9 Å². The minimum absolute atomic E-state index is 0.375. The average molecular weight is 421 g/mol. The van der Waals surface area contributed by atoms with Crippen molar-refractivity contribution in [3.63, 3.8) is 0 Å². The van der Waals surface area contributed by atoms with E-state index in [0.29, 0.717) is 35.6 Å². The highest BCUT2D eigenvalue weighted by atomic mass is 19.4. The second-order valence-electron chi connectivity index (χ2n) is 9.79. The smallest absolute Gasteiger partial charge is 0.399 e. The molecule has 0 spiro atoms. The molecule has 9 heteroatoms. The fraction of sp³-hybridized carbons (Fsp3) is 0.619. The Hall–Kier alpha value is -1.87. The lowest BCUT2D eigenvalue weighted by molar-refractivity contribution is -0.137. The Morgan fingerprint density at radius 1 is 1.07 bits per heavy atom. The van der Waals surface area contributed by atoms with Gasteiger partial charge in [0.2, 0.25) is 0 Å². The molecule has 2 aliphatic rings. The van der Waals surface area contributed by atoms with Gasteiger partial charge in [-0.3, -0.25) is 0 Å². The van der Waals surface area contributed by atoms with Gasteiger partial charge in [-0.15, -0.1) is 10.2 Å². The molecule has 162 valence electrons. The third-order valence-electron chi connectivity index (χ3n) is 6.89. The van der Waals surface area contributed by atoms with Crippen LogP contribution in [0, 0.1) is 5.92 Å². The van der Waals surface area contributed by atoms with Gasteiger partial charge < -0.3 is 13.9 Å². The summed E-state index contributed by atoms with van der Waals surface area (Å²) in [5.74, 6) is 1.07. The van der Waals surface area contributed by atoms with E-state index in [2.05, 4.69) is 17.1 Å². The lowest BCUT2D eigenvalue weighted by Crippen LogP contribution is -2.45. The van der Waals surface area contributed by atoms with Crippen molar-refractivity contribution < 1.29 is 22.5 Å². The topological polar surface area (TPSA) is 49.2 Å². The van der Waals surface area contributed by atoms with Crippen molar-refractivity contribution in [2.45, 2.75) is 70.3 Å². The van der Waals surface area contributed by atoms with Crippen molar-refractivity contribution in [1.82, 2.24) is 14.8 Å². The predicted octanol–water partition coefficient (Wildman–Crippen LogP) is 3.85. The summed E-state index contributed by atoms with van der Waals surface area (Å²) < 4.78 is 55.4. The van der Waals surface area contributed by atoms with Gasteiger partial charge in [0.1, 0.15) is 12.2 Å². The lowest BCUT2D eigenvalue weighted by atomic mass is 9.57. The molecule has 1 aliphatic carbocycles. The molecular weight excluding hydrogens is 394 g/mol. The summed E-state index contributed by atoms with van der Waals surface area (Å²) in [5.41, 5.74) is -1.64. The van der Waals surface area contributed by atoms with Gasteiger partial charge >= 0.3 is 13.3 Å². The maximum Gasteiger partial charge on any atom is 0.494 e. The van der Waals surface area contributed by atoms with E-state index in [0.717, 1.165) is 6.07 Å². The zero-order chi connectivity index (χ0) is 22.1. The molecule has 2 aromatic rings. The van der Waals surface area contributed by atoms with Crippen LogP contribution in [0.4, 0.5) is 13.2 Å². The van der Waals surface area contributed by atoms with E-state index in [1.807, 2.05) is 34.7 Å². The van der Waals surface area contributed by atoms with Crippen LogP contribution >= 0.6 is 0 Å². The average Bonchev–Trinajstić information content (AvgIpc) is 3.11. The minimum atomic E-state index is -4.48. The molecule has 2 fully saturated rings. The minimum Gasteiger partial charge on any atom is -0.399 e. The van der Waals surface area contributed by atoms with E-state index >= 15 is 0 Å². The van der Waals surface area contributed by atoms with Crippen molar-refractivity contribution in [3.05, 3.63) is 41.5 Å². The molecule has 1 saturated heterocycles. The lowest BCUT2D eigenvalue weighted by Gasteiger charge is -2.46. The van der Waals surface area contributed by atoms with Crippen molar-refractivity contribution in [2.75, 3.05) is 0 Å². The largest absolute Gasteiger partial charge is 0.494 e. The van der Waals surface area contributed by atoms with Gasteiger partial charge in [-0.25, -0.2) is 0 Å². The number of benzene rings is 1. The number of nitrogens with zero attached hydrogens (tertiary/aromatic N) is 3. The van der Waals surface area contributed by atoms with Crippen LogP contribution in [0.15, 0.2) is 24.5 Å². The molecule has 30 heavy (non-hydrogen) atoms. The first-order chi connectivity index (χ1) is 13.8. The number of rotatable bonds is 3. The molecule has 1 saturated carbocycles. The van der Waals surface area contributed by atoms with Crippen molar-refractivity contribution in [3.8, 4) is 0 Å². The number of aryl methyl sites for hydroxylation is 1. The van der Waals surface area contributed by atoms with Crippen molar-refractivity contribution in [1.29, 1.82) is 0 Å². The highest BCUT2D eigenvalue weighted by Crippen LogP contribution is 2.52. The molecule has 2 heterocycles. The Bertz CT molecular complexity index is 949. The number of aromatic nitrogens is 3. The number of halogens is 3. The predicted molar refractivity (Wildman–Crippen MR) is 107 cm³/mol. The Kier molecular flexibility index (Phi) is 4.68. The molecule has 4 rings (SSSR count). The molecular formula is C21H27BF3N3O2. The molecule has 1 aliphatic heterocycles. The first kappa shape index (κ1) is 21.4. The molecule has 0 radical (unpaired) electrons. The Morgan fingerprint density at radius 3 is 2.13 bits per heavy atom. The van der Waals surface area contributed by atoms with Gasteiger partial charge in [0.15, 0.2) is 0 Å². The van der Waals surface area contributed by atoms with Crippen molar-refractivity contribution in [2.24, 2.45) is 13.0 Å². The third kappa shape index (κ3) is 3.26. The van der Waals surface area contributed by atoms with Crippen molar-refractivity contribution >= 4 is 12.6 Å². The fourth-order valence-electron chi connectivity index (χ4n) is 4.60. The van der Waals surface area contributed by atoms with Gasteiger partial charge in [0, 0.05) is 7.05 Å². The standard InChI is InChI=1S/C21H27BF3N3O2/c1-13-10-20(11-13,17-27-26-12-28(17)6)14-7-15(21(23,24)25)9-16(8-14)22-29-18(2,3)19(4,5)30-22/h7-9,12-13H,10-11H2,1-6H3. The number of hydrogen-bond acceptors (Lipinski definition) is 4. The van der Waals surface area contributed by atoms with Gasteiger partial charge in [-0.1, -0.05) is 19.1 Å². The zero-order valence-electron chi connectivity index (χ0n) is 18.2. The van der Waals surface area contributed by atoms with E-state index in [4.69, 9.17) is 9.31 Å². The van der Waals surface area contributed by atoms with Crippen LogP contribution in [0.5, 0.6) is 0 Å². The van der Waals surface area contributed by atoms with Gasteiger partial charge in [0.25, 0.3) is 0 Å². The number of alkyl halides is 3. The second-order valence-corrected chi connectivity index (χ2v) is 9.79. The van der Waals surface area contributed by atoms with E-state index in [9.17, 15) is 13.2 Å². The fourth-order valence-corrected chi connectivity index (χ4v) is 4.60. The van der Waals surface area contributed by atoms with E-state index in [-0.39, 0.29) is 0 Å². The maximum absolute atomic E-state index is 13.8. The normalized spacial score (nSPS) is 27.9. The summed E-state index contributed by atoms with van der Waals surface area (Å²) in [5, 5.41) is 8.23. The number of hydrogen-bond donors (Lipinski definition) is 0. The van der Waals surface area contributed by atoms with Crippen LogP contribution in [-0.4, -0.2) is 33.1 Å². The van der Waals surface area contributed by atoms with Gasteiger partial charge in [0.05, 0.1) is 22.2 Å².